The molecule has 100 valence electrons. The maximum absolute atomic E-state index is 5.48. The van der Waals surface area contributed by atoms with Crippen LogP contribution in [0.25, 0.3) is 0 Å². The monoisotopic (exact) mass is 312 g/mol. The molecular weight excluding hydrogens is 292 g/mol. The molecular formula is C15H21BrO2. The minimum Gasteiger partial charge on any atom is -0.346 e. The zero-order chi connectivity index (χ0) is 12.6. The van der Waals surface area contributed by atoms with Crippen molar-refractivity contribution in [3.8, 4) is 0 Å². The molecule has 2 nitrogen and oxygen atoms in total. The highest BCUT2D eigenvalue weighted by Crippen LogP contribution is 2.23. The van der Waals surface area contributed by atoms with E-state index in [1.54, 1.807) is 0 Å². The number of unbranched alkanes of at least 4 members (excludes halogenated alkanes) is 3. The molecule has 2 rings (SSSR count). The maximum Gasteiger partial charge on any atom is 0.184 e. The molecule has 1 aliphatic heterocycles. The Morgan fingerprint density at radius 2 is 1.61 bits per heavy atom. The van der Waals surface area contributed by atoms with E-state index < -0.39 is 0 Å². The lowest BCUT2D eigenvalue weighted by Gasteiger charge is -2.09. The van der Waals surface area contributed by atoms with Gasteiger partial charge in [-0.15, -0.1) is 0 Å². The first-order valence-electron chi connectivity index (χ1n) is 6.78. The van der Waals surface area contributed by atoms with E-state index in [1.165, 1.54) is 37.7 Å². The van der Waals surface area contributed by atoms with Gasteiger partial charge in [0.25, 0.3) is 0 Å². The van der Waals surface area contributed by atoms with Crippen LogP contribution >= 0.6 is 15.9 Å². The van der Waals surface area contributed by atoms with Crippen LogP contribution in [-0.2, 0) is 15.9 Å². The normalized spacial score (nSPS) is 16.3. The fourth-order valence-corrected chi connectivity index (χ4v) is 2.57. The van der Waals surface area contributed by atoms with E-state index in [0.717, 1.165) is 10.9 Å². The van der Waals surface area contributed by atoms with Gasteiger partial charge < -0.3 is 9.47 Å². The molecule has 0 atom stereocenters. The topological polar surface area (TPSA) is 18.5 Å². The van der Waals surface area contributed by atoms with Crippen LogP contribution in [0.15, 0.2) is 24.3 Å². The first kappa shape index (κ1) is 14.0. The first-order valence-corrected chi connectivity index (χ1v) is 7.90. The summed E-state index contributed by atoms with van der Waals surface area (Å²) in [5.41, 5.74) is 2.55. The predicted molar refractivity (Wildman–Crippen MR) is 77.1 cm³/mol. The van der Waals surface area contributed by atoms with Gasteiger partial charge in [0.2, 0.25) is 0 Å². The average Bonchev–Trinajstić information content (AvgIpc) is 2.93. The Kier molecular flexibility index (Phi) is 6.18. The number of hydrogen-bond donors (Lipinski definition) is 0. The third kappa shape index (κ3) is 4.38. The molecule has 0 amide bonds. The van der Waals surface area contributed by atoms with Crippen LogP contribution in [0.5, 0.6) is 0 Å². The van der Waals surface area contributed by atoms with Crippen LogP contribution in [0.3, 0.4) is 0 Å². The smallest absolute Gasteiger partial charge is 0.184 e. The zero-order valence-electron chi connectivity index (χ0n) is 10.7. The maximum atomic E-state index is 5.48. The van der Waals surface area contributed by atoms with Crippen molar-refractivity contribution < 1.29 is 9.47 Å². The molecule has 1 aromatic carbocycles. The number of ether oxygens (including phenoxy) is 2. The van der Waals surface area contributed by atoms with E-state index in [1.807, 2.05) is 0 Å². The van der Waals surface area contributed by atoms with Crippen LogP contribution in [0, 0.1) is 0 Å². The second-order valence-corrected chi connectivity index (χ2v) is 5.46. The molecule has 0 bridgehead atoms. The van der Waals surface area contributed by atoms with Crippen molar-refractivity contribution in [2.75, 3.05) is 18.5 Å². The number of alkyl halides is 1. The second-order valence-electron chi connectivity index (χ2n) is 4.67. The van der Waals surface area contributed by atoms with Crippen LogP contribution in [0.2, 0.25) is 0 Å². The highest BCUT2D eigenvalue weighted by Gasteiger charge is 2.17. The van der Waals surface area contributed by atoms with Crippen molar-refractivity contribution in [1.82, 2.24) is 0 Å². The summed E-state index contributed by atoms with van der Waals surface area (Å²) < 4.78 is 11.0. The molecule has 1 aliphatic rings. The van der Waals surface area contributed by atoms with Crippen LogP contribution < -0.4 is 0 Å². The molecule has 0 radical (unpaired) electrons. The zero-order valence-corrected chi connectivity index (χ0v) is 12.3. The summed E-state index contributed by atoms with van der Waals surface area (Å²) >= 11 is 3.46. The van der Waals surface area contributed by atoms with E-state index >= 15 is 0 Å². The molecule has 0 aliphatic carbocycles. The van der Waals surface area contributed by atoms with E-state index in [4.69, 9.17) is 9.47 Å². The van der Waals surface area contributed by atoms with E-state index in [2.05, 4.69) is 40.2 Å². The molecule has 0 spiro atoms. The third-order valence-corrected chi connectivity index (χ3v) is 3.78. The van der Waals surface area contributed by atoms with Gasteiger partial charge in [-0.25, -0.2) is 0 Å². The van der Waals surface area contributed by atoms with Crippen molar-refractivity contribution in [2.24, 2.45) is 0 Å². The lowest BCUT2D eigenvalue weighted by atomic mass is 10.0. The lowest BCUT2D eigenvalue weighted by Crippen LogP contribution is -1.98. The molecule has 0 saturated carbocycles. The molecule has 1 heterocycles. The summed E-state index contributed by atoms with van der Waals surface area (Å²) in [4.78, 5) is 0. The number of hydrogen-bond acceptors (Lipinski definition) is 2. The summed E-state index contributed by atoms with van der Waals surface area (Å²) in [5, 5.41) is 1.13. The highest BCUT2D eigenvalue weighted by molar-refractivity contribution is 9.09. The molecule has 0 N–H and O–H groups in total. The largest absolute Gasteiger partial charge is 0.346 e. The summed E-state index contributed by atoms with van der Waals surface area (Å²) in [7, 11) is 0. The Bertz CT molecular complexity index is 331. The number of halogens is 1. The minimum absolute atomic E-state index is 0.141. The first-order chi connectivity index (χ1) is 8.90. The summed E-state index contributed by atoms with van der Waals surface area (Å²) in [6.07, 6.45) is 6.25. The van der Waals surface area contributed by atoms with E-state index in [-0.39, 0.29) is 6.29 Å². The Balaban J connectivity index is 1.73. The molecule has 1 fully saturated rings. The Morgan fingerprint density at radius 1 is 0.944 bits per heavy atom. The predicted octanol–water partition coefficient (Wildman–Crippen LogP) is 4.23. The minimum atomic E-state index is -0.141. The van der Waals surface area contributed by atoms with Crippen molar-refractivity contribution in [3.05, 3.63) is 35.4 Å². The van der Waals surface area contributed by atoms with Gasteiger partial charge in [0, 0.05) is 10.9 Å². The van der Waals surface area contributed by atoms with Gasteiger partial charge in [-0.3, -0.25) is 0 Å². The Morgan fingerprint density at radius 3 is 2.28 bits per heavy atom. The van der Waals surface area contributed by atoms with Crippen LogP contribution in [0.4, 0.5) is 0 Å². The van der Waals surface area contributed by atoms with Gasteiger partial charge >= 0.3 is 0 Å². The Labute approximate surface area is 118 Å². The standard InChI is InChI=1S/C15H21BrO2/c16-10-4-2-1-3-5-13-6-8-14(9-7-13)15-17-11-12-18-15/h6-9,15H,1-5,10-12H2. The van der Waals surface area contributed by atoms with Gasteiger partial charge in [-0.2, -0.15) is 0 Å². The quantitative estimate of drug-likeness (QED) is 0.554. The Hall–Kier alpha value is -0.380. The van der Waals surface area contributed by atoms with Gasteiger partial charge in [-0.1, -0.05) is 53.0 Å². The molecule has 3 heteroatoms. The van der Waals surface area contributed by atoms with Crippen molar-refractivity contribution in [1.29, 1.82) is 0 Å². The van der Waals surface area contributed by atoms with Crippen molar-refractivity contribution in [2.45, 2.75) is 38.4 Å². The summed E-state index contributed by atoms with van der Waals surface area (Å²) in [6.45, 7) is 1.42. The van der Waals surface area contributed by atoms with Crippen LogP contribution in [0.1, 0.15) is 43.1 Å². The molecule has 0 aromatic heterocycles. The van der Waals surface area contributed by atoms with Gasteiger partial charge in [0.05, 0.1) is 13.2 Å². The second kappa shape index (κ2) is 7.93. The SMILES string of the molecule is BrCCCCCCc1ccc(C2OCCO2)cc1. The van der Waals surface area contributed by atoms with Crippen molar-refractivity contribution >= 4 is 15.9 Å². The summed E-state index contributed by atoms with van der Waals surface area (Å²) in [6, 6.07) is 8.66. The molecule has 1 saturated heterocycles. The van der Waals surface area contributed by atoms with Gasteiger partial charge in [-0.05, 0) is 24.8 Å². The number of benzene rings is 1. The fourth-order valence-electron chi connectivity index (χ4n) is 2.17. The number of aryl methyl sites for hydroxylation is 1. The van der Waals surface area contributed by atoms with E-state index in [0.29, 0.717) is 13.2 Å². The van der Waals surface area contributed by atoms with Gasteiger partial charge in [0.15, 0.2) is 6.29 Å². The fraction of sp³-hybridized carbons (Fsp3) is 0.600. The van der Waals surface area contributed by atoms with Crippen molar-refractivity contribution in [3.63, 3.8) is 0 Å². The number of rotatable bonds is 7. The van der Waals surface area contributed by atoms with Crippen LogP contribution in [-0.4, -0.2) is 18.5 Å². The highest BCUT2D eigenvalue weighted by atomic mass is 79.9. The molecule has 1 aromatic rings. The lowest BCUT2D eigenvalue weighted by molar-refractivity contribution is -0.0441. The average molecular weight is 313 g/mol. The molecule has 0 unspecified atom stereocenters. The summed E-state index contributed by atoms with van der Waals surface area (Å²) in [5.74, 6) is 0. The third-order valence-electron chi connectivity index (χ3n) is 3.22. The van der Waals surface area contributed by atoms with E-state index in [9.17, 15) is 0 Å². The van der Waals surface area contributed by atoms with Gasteiger partial charge in [0.1, 0.15) is 0 Å². The molecule has 18 heavy (non-hydrogen) atoms.